The number of carbonyl (C=O) groups excluding carboxylic acids is 2. The van der Waals surface area contributed by atoms with E-state index in [1.54, 1.807) is 42.7 Å². The SMILES string of the molecule is CCCOc1cccc([C@H]2/C(=C(\O)c3ccc4c(c3)OCCO4)C(=O)C(=O)N2Cc2ccncc2)c1. The molecule has 2 aliphatic rings. The summed E-state index contributed by atoms with van der Waals surface area (Å²) < 4.78 is 17.0. The zero-order chi connectivity index (χ0) is 25.1. The molecule has 1 atom stereocenters. The maximum Gasteiger partial charge on any atom is 0.295 e. The maximum absolute atomic E-state index is 13.3. The van der Waals surface area contributed by atoms with Gasteiger partial charge in [0.15, 0.2) is 11.5 Å². The highest BCUT2D eigenvalue weighted by atomic mass is 16.6. The van der Waals surface area contributed by atoms with E-state index in [1.807, 2.05) is 31.2 Å². The van der Waals surface area contributed by atoms with Crippen molar-refractivity contribution in [1.82, 2.24) is 9.88 Å². The molecule has 0 radical (unpaired) electrons. The first-order valence-corrected chi connectivity index (χ1v) is 11.9. The van der Waals surface area contributed by atoms with Gasteiger partial charge in [-0.05, 0) is 60.0 Å². The summed E-state index contributed by atoms with van der Waals surface area (Å²) >= 11 is 0. The molecule has 1 fully saturated rings. The highest BCUT2D eigenvalue weighted by Gasteiger charge is 2.46. The molecule has 0 saturated carbocycles. The number of pyridine rings is 1. The Morgan fingerprint density at radius 3 is 2.61 bits per heavy atom. The molecule has 3 heterocycles. The van der Waals surface area contributed by atoms with Crippen molar-refractivity contribution in [3.8, 4) is 17.2 Å². The molecule has 8 heteroatoms. The molecule has 2 aromatic carbocycles. The standard InChI is InChI=1S/C28H26N2O6/c1-2-12-34-21-5-3-4-19(15-21)25-24(26(31)20-6-7-22-23(16-20)36-14-13-35-22)27(32)28(33)30(25)17-18-8-10-29-11-9-18/h3-11,15-16,25,31H,2,12-14,17H2,1H3/b26-24+/t25-/m0/s1. The van der Waals surface area contributed by atoms with Crippen LogP contribution in [0, 0.1) is 0 Å². The van der Waals surface area contributed by atoms with Crippen molar-refractivity contribution in [3.05, 3.63) is 89.3 Å². The number of Topliss-reactive ketones (excluding diaryl/α,β-unsaturated/α-hetero) is 1. The van der Waals surface area contributed by atoms with Crippen molar-refractivity contribution in [2.45, 2.75) is 25.9 Å². The molecular weight excluding hydrogens is 460 g/mol. The minimum absolute atomic E-state index is 0.0124. The van der Waals surface area contributed by atoms with Crippen LogP contribution in [0.1, 0.15) is 36.1 Å². The van der Waals surface area contributed by atoms with E-state index in [2.05, 4.69) is 4.98 Å². The fraction of sp³-hybridized carbons (Fsp3) is 0.250. The summed E-state index contributed by atoms with van der Waals surface area (Å²) in [7, 11) is 0. The topological polar surface area (TPSA) is 98.2 Å². The Hall–Kier alpha value is -4.33. The maximum atomic E-state index is 13.3. The van der Waals surface area contributed by atoms with Crippen molar-refractivity contribution in [1.29, 1.82) is 0 Å². The van der Waals surface area contributed by atoms with Gasteiger partial charge in [-0.25, -0.2) is 0 Å². The number of aromatic nitrogens is 1. The number of ether oxygens (including phenoxy) is 3. The molecule has 1 aromatic heterocycles. The number of fused-ring (bicyclic) bond motifs is 1. The van der Waals surface area contributed by atoms with Crippen molar-refractivity contribution in [3.63, 3.8) is 0 Å². The second-order valence-electron chi connectivity index (χ2n) is 8.56. The highest BCUT2D eigenvalue weighted by molar-refractivity contribution is 6.46. The third-order valence-corrected chi connectivity index (χ3v) is 6.10. The van der Waals surface area contributed by atoms with Gasteiger partial charge in [0, 0.05) is 24.5 Å². The Bertz CT molecular complexity index is 1320. The van der Waals surface area contributed by atoms with Gasteiger partial charge in [0.25, 0.3) is 11.7 Å². The molecule has 0 unspecified atom stereocenters. The Labute approximate surface area is 208 Å². The normalized spacial score (nSPS) is 18.4. The number of ketones is 1. The van der Waals surface area contributed by atoms with E-state index < -0.39 is 17.7 Å². The third-order valence-electron chi connectivity index (χ3n) is 6.10. The van der Waals surface area contributed by atoms with Crippen molar-refractivity contribution in [2.24, 2.45) is 0 Å². The van der Waals surface area contributed by atoms with E-state index in [-0.39, 0.29) is 17.9 Å². The summed E-state index contributed by atoms with van der Waals surface area (Å²) in [5, 5.41) is 11.4. The average Bonchev–Trinajstić information content (AvgIpc) is 3.17. The van der Waals surface area contributed by atoms with Gasteiger partial charge < -0.3 is 24.2 Å². The molecule has 5 rings (SSSR count). The summed E-state index contributed by atoms with van der Waals surface area (Å²) in [4.78, 5) is 32.1. The zero-order valence-electron chi connectivity index (χ0n) is 19.8. The van der Waals surface area contributed by atoms with Crippen LogP contribution in [0.15, 0.2) is 72.6 Å². The molecule has 0 spiro atoms. The summed E-state index contributed by atoms with van der Waals surface area (Å²) in [6, 6.07) is 15.0. The van der Waals surface area contributed by atoms with Gasteiger partial charge in [0.2, 0.25) is 0 Å². The Balaban J connectivity index is 1.62. The second-order valence-corrected chi connectivity index (χ2v) is 8.56. The van der Waals surface area contributed by atoms with Crippen LogP contribution in [-0.4, -0.2) is 46.5 Å². The average molecular weight is 487 g/mol. The van der Waals surface area contributed by atoms with Gasteiger partial charge in [-0.3, -0.25) is 14.6 Å². The Kier molecular flexibility index (Phi) is 6.58. The molecular formula is C28H26N2O6. The molecule has 1 N–H and O–H groups in total. The summed E-state index contributed by atoms with van der Waals surface area (Å²) in [6.45, 7) is 3.56. The van der Waals surface area contributed by atoms with Crippen LogP contribution in [0.4, 0.5) is 0 Å². The number of hydrogen-bond acceptors (Lipinski definition) is 7. The summed E-state index contributed by atoms with van der Waals surface area (Å²) in [5.74, 6) is -0.0381. The highest BCUT2D eigenvalue weighted by Crippen LogP contribution is 2.42. The number of likely N-dealkylation sites (tertiary alicyclic amines) is 1. The van der Waals surface area contributed by atoms with Gasteiger partial charge in [0.1, 0.15) is 24.7 Å². The van der Waals surface area contributed by atoms with Crippen LogP contribution in [0.2, 0.25) is 0 Å². The molecule has 0 aliphatic carbocycles. The van der Waals surface area contributed by atoms with Gasteiger partial charge in [0.05, 0.1) is 18.2 Å². The lowest BCUT2D eigenvalue weighted by Crippen LogP contribution is -2.29. The minimum Gasteiger partial charge on any atom is -0.507 e. The third kappa shape index (κ3) is 4.49. The molecule has 3 aromatic rings. The number of hydrogen-bond donors (Lipinski definition) is 1. The van der Waals surface area contributed by atoms with Crippen LogP contribution >= 0.6 is 0 Å². The first-order chi connectivity index (χ1) is 17.6. The van der Waals surface area contributed by atoms with E-state index in [4.69, 9.17) is 14.2 Å². The Morgan fingerprint density at radius 1 is 1.06 bits per heavy atom. The van der Waals surface area contributed by atoms with Crippen molar-refractivity contribution < 1.29 is 28.9 Å². The van der Waals surface area contributed by atoms with Crippen LogP contribution < -0.4 is 14.2 Å². The smallest absolute Gasteiger partial charge is 0.295 e. The lowest BCUT2D eigenvalue weighted by atomic mass is 9.95. The van der Waals surface area contributed by atoms with Gasteiger partial charge in [-0.15, -0.1) is 0 Å². The quantitative estimate of drug-likeness (QED) is 0.303. The number of aliphatic hydroxyl groups is 1. The lowest BCUT2D eigenvalue weighted by Gasteiger charge is -2.26. The van der Waals surface area contributed by atoms with E-state index in [0.29, 0.717) is 48.2 Å². The van der Waals surface area contributed by atoms with Crippen molar-refractivity contribution >= 4 is 17.4 Å². The molecule has 8 nitrogen and oxygen atoms in total. The van der Waals surface area contributed by atoms with Crippen molar-refractivity contribution in [2.75, 3.05) is 19.8 Å². The molecule has 1 amide bonds. The monoisotopic (exact) mass is 486 g/mol. The van der Waals surface area contributed by atoms with E-state index in [9.17, 15) is 14.7 Å². The van der Waals surface area contributed by atoms with Crippen LogP contribution in [0.5, 0.6) is 17.2 Å². The second kappa shape index (κ2) is 10.1. The van der Waals surface area contributed by atoms with E-state index in [0.717, 1.165) is 12.0 Å². The minimum atomic E-state index is -0.809. The molecule has 184 valence electrons. The molecule has 1 saturated heterocycles. The van der Waals surface area contributed by atoms with Crippen LogP contribution in [-0.2, 0) is 16.1 Å². The number of rotatable bonds is 7. The first kappa shape index (κ1) is 23.4. The van der Waals surface area contributed by atoms with E-state index >= 15 is 0 Å². The van der Waals surface area contributed by atoms with Gasteiger partial charge >= 0.3 is 0 Å². The van der Waals surface area contributed by atoms with E-state index in [1.165, 1.54) is 4.90 Å². The molecule has 0 bridgehead atoms. The number of carbonyl (C=O) groups is 2. The largest absolute Gasteiger partial charge is 0.507 e. The fourth-order valence-corrected chi connectivity index (χ4v) is 4.42. The van der Waals surface area contributed by atoms with Gasteiger partial charge in [-0.2, -0.15) is 0 Å². The lowest BCUT2D eigenvalue weighted by molar-refractivity contribution is -0.140. The number of nitrogens with zero attached hydrogens (tertiary/aromatic N) is 2. The molecule has 2 aliphatic heterocycles. The predicted molar refractivity (Wildman–Crippen MR) is 132 cm³/mol. The predicted octanol–water partition coefficient (Wildman–Crippen LogP) is 4.26. The first-order valence-electron chi connectivity index (χ1n) is 11.9. The van der Waals surface area contributed by atoms with Gasteiger partial charge in [-0.1, -0.05) is 19.1 Å². The Morgan fingerprint density at radius 2 is 1.83 bits per heavy atom. The summed E-state index contributed by atoms with van der Waals surface area (Å²) in [5.41, 5.74) is 1.86. The number of amides is 1. The number of aliphatic hydroxyl groups excluding tert-OH is 1. The van der Waals surface area contributed by atoms with Crippen LogP contribution in [0.3, 0.4) is 0 Å². The number of benzene rings is 2. The zero-order valence-corrected chi connectivity index (χ0v) is 19.8. The molecule has 36 heavy (non-hydrogen) atoms. The summed E-state index contributed by atoms with van der Waals surface area (Å²) in [6.07, 6.45) is 4.11. The fourth-order valence-electron chi connectivity index (χ4n) is 4.42. The van der Waals surface area contributed by atoms with Crippen LogP contribution in [0.25, 0.3) is 5.76 Å².